The fourth-order valence-corrected chi connectivity index (χ4v) is 4.15. The summed E-state index contributed by atoms with van der Waals surface area (Å²) in [5.74, 6) is -0.874. The molecule has 0 fully saturated rings. The molecule has 4 aromatic rings. The van der Waals surface area contributed by atoms with Crippen molar-refractivity contribution in [3.8, 4) is 11.3 Å². The first-order valence-electron chi connectivity index (χ1n) is 11.1. The first-order chi connectivity index (χ1) is 16.4. The fraction of sp³-hybridized carbons (Fsp3) is 0.179. The highest BCUT2D eigenvalue weighted by Gasteiger charge is 2.18. The molecule has 1 heterocycles. The standard InChI is InChI=1S/C28H23BrClNO3/c1-2-3-4-18-5-7-19(8-6-18)26-16-24(23-15-21(29)11-14-25(23)31-26)28(33)34-17-27(32)20-9-12-22(30)13-10-20/h5-16H,2-4,17H2,1H3. The van der Waals surface area contributed by atoms with E-state index in [9.17, 15) is 9.59 Å². The van der Waals surface area contributed by atoms with E-state index in [-0.39, 0.29) is 12.4 Å². The van der Waals surface area contributed by atoms with E-state index in [0.717, 1.165) is 29.3 Å². The van der Waals surface area contributed by atoms with Crippen molar-refractivity contribution in [3.63, 3.8) is 0 Å². The lowest BCUT2D eigenvalue weighted by atomic mass is 10.0. The van der Waals surface area contributed by atoms with Gasteiger partial charge in [-0.2, -0.15) is 0 Å². The number of aromatic nitrogens is 1. The number of halogens is 2. The van der Waals surface area contributed by atoms with Crippen LogP contribution in [0.3, 0.4) is 0 Å². The molecule has 0 amide bonds. The average molecular weight is 537 g/mol. The summed E-state index contributed by atoms with van der Waals surface area (Å²) in [7, 11) is 0. The van der Waals surface area contributed by atoms with E-state index in [1.54, 1.807) is 30.3 Å². The molecule has 0 bridgehead atoms. The van der Waals surface area contributed by atoms with Gasteiger partial charge in [-0.25, -0.2) is 9.78 Å². The number of ketones is 1. The van der Waals surface area contributed by atoms with E-state index in [1.165, 1.54) is 5.56 Å². The Balaban J connectivity index is 1.62. The molecule has 0 N–H and O–H groups in total. The predicted molar refractivity (Wildman–Crippen MR) is 140 cm³/mol. The van der Waals surface area contributed by atoms with Gasteiger partial charge in [-0.3, -0.25) is 4.79 Å². The smallest absolute Gasteiger partial charge is 0.339 e. The summed E-state index contributed by atoms with van der Waals surface area (Å²) in [5.41, 5.74) is 4.33. The summed E-state index contributed by atoms with van der Waals surface area (Å²) in [5, 5.41) is 1.19. The summed E-state index contributed by atoms with van der Waals surface area (Å²) < 4.78 is 6.23. The topological polar surface area (TPSA) is 56.3 Å². The second-order valence-electron chi connectivity index (χ2n) is 8.02. The molecule has 1 aromatic heterocycles. The molecule has 0 radical (unpaired) electrons. The molecule has 172 valence electrons. The zero-order valence-electron chi connectivity index (χ0n) is 18.7. The third kappa shape index (κ3) is 5.72. The summed E-state index contributed by atoms with van der Waals surface area (Å²) in [4.78, 5) is 30.3. The number of esters is 1. The minimum atomic E-state index is -0.575. The van der Waals surface area contributed by atoms with E-state index in [1.807, 2.05) is 30.3 Å². The predicted octanol–water partition coefficient (Wildman–Crippen LogP) is 7.70. The minimum absolute atomic E-state index is 0.299. The van der Waals surface area contributed by atoms with Crippen LogP contribution in [0, 0.1) is 0 Å². The minimum Gasteiger partial charge on any atom is -0.454 e. The third-order valence-corrected chi connectivity index (χ3v) is 6.31. The van der Waals surface area contributed by atoms with E-state index in [2.05, 4.69) is 35.0 Å². The maximum absolute atomic E-state index is 13.1. The van der Waals surface area contributed by atoms with Gasteiger partial charge in [0.2, 0.25) is 0 Å². The number of fused-ring (bicyclic) bond motifs is 1. The van der Waals surface area contributed by atoms with Gasteiger partial charge in [0.25, 0.3) is 0 Å². The van der Waals surface area contributed by atoms with Crippen LogP contribution in [0.2, 0.25) is 5.02 Å². The van der Waals surface area contributed by atoms with Crippen LogP contribution in [-0.2, 0) is 11.2 Å². The Morgan fingerprint density at radius 2 is 1.71 bits per heavy atom. The first kappa shape index (κ1) is 24.1. The highest BCUT2D eigenvalue weighted by molar-refractivity contribution is 9.10. The average Bonchev–Trinajstić information content (AvgIpc) is 2.86. The molecule has 4 nitrogen and oxygen atoms in total. The summed E-state index contributed by atoms with van der Waals surface area (Å²) in [6.07, 6.45) is 3.33. The number of carbonyl (C=O) groups is 2. The molecule has 3 aromatic carbocycles. The maximum atomic E-state index is 13.1. The molecule has 34 heavy (non-hydrogen) atoms. The highest BCUT2D eigenvalue weighted by Crippen LogP contribution is 2.28. The molecule has 0 saturated heterocycles. The van der Waals surface area contributed by atoms with Crippen LogP contribution < -0.4 is 0 Å². The van der Waals surface area contributed by atoms with Crippen LogP contribution in [0.4, 0.5) is 0 Å². The molecule has 0 aliphatic heterocycles. The largest absolute Gasteiger partial charge is 0.454 e. The number of benzene rings is 3. The number of aryl methyl sites for hydroxylation is 1. The van der Waals surface area contributed by atoms with Crippen molar-refractivity contribution < 1.29 is 14.3 Å². The molecule has 0 spiro atoms. The van der Waals surface area contributed by atoms with Crippen LogP contribution in [0.15, 0.2) is 77.3 Å². The Bertz CT molecular complexity index is 1330. The quantitative estimate of drug-likeness (QED) is 0.171. The molecule has 0 saturated carbocycles. The monoisotopic (exact) mass is 535 g/mol. The second-order valence-corrected chi connectivity index (χ2v) is 9.38. The van der Waals surface area contributed by atoms with E-state index >= 15 is 0 Å². The number of unbranched alkanes of at least 4 members (excludes halogenated alkanes) is 1. The van der Waals surface area contributed by atoms with Gasteiger partial charge in [0.1, 0.15) is 0 Å². The number of hydrogen-bond donors (Lipinski definition) is 0. The second kappa shape index (κ2) is 10.9. The van der Waals surface area contributed by atoms with E-state index < -0.39 is 5.97 Å². The van der Waals surface area contributed by atoms with Gasteiger partial charge < -0.3 is 4.74 Å². The molecule has 4 rings (SSSR count). The normalized spacial score (nSPS) is 10.9. The lowest BCUT2D eigenvalue weighted by molar-refractivity contribution is 0.0476. The zero-order chi connectivity index (χ0) is 24.1. The lowest BCUT2D eigenvalue weighted by Crippen LogP contribution is -2.15. The molecular weight excluding hydrogens is 514 g/mol. The molecule has 0 unspecified atom stereocenters. The summed E-state index contributed by atoms with van der Waals surface area (Å²) in [6, 6.07) is 22.0. The van der Waals surface area contributed by atoms with E-state index in [4.69, 9.17) is 21.3 Å². The van der Waals surface area contributed by atoms with Crippen LogP contribution >= 0.6 is 27.5 Å². The zero-order valence-corrected chi connectivity index (χ0v) is 21.0. The fourth-order valence-electron chi connectivity index (χ4n) is 3.67. The number of pyridine rings is 1. The van der Waals surface area contributed by atoms with Gasteiger partial charge in [0.05, 0.1) is 16.8 Å². The van der Waals surface area contributed by atoms with Crippen molar-refractivity contribution in [3.05, 3.63) is 99.0 Å². The summed E-state index contributed by atoms with van der Waals surface area (Å²) in [6.45, 7) is 1.81. The van der Waals surface area contributed by atoms with Crippen molar-refractivity contribution in [2.75, 3.05) is 6.61 Å². The Labute approximate surface area is 212 Å². The van der Waals surface area contributed by atoms with E-state index in [0.29, 0.717) is 32.7 Å². The van der Waals surface area contributed by atoms with Crippen molar-refractivity contribution >= 4 is 50.2 Å². The number of rotatable bonds is 8. The van der Waals surface area contributed by atoms with Gasteiger partial charge in [0, 0.05) is 26.0 Å². The number of ether oxygens (including phenoxy) is 1. The van der Waals surface area contributed by atoms with Crippen molar-refractivity contribution in [1.29, 1.82) is 0 Å². The third-order valence-electron chi connectivity index (χ3n) is 5.56. The summed E-state index contributed by atoms with van der Waals surface area (Å²) >= 11 is 9.34. The van der Waals surface area contributed by atoms with Gasteiger partial charge in [-0.1, -0.05) is 65.1 Å². The first-order valence-corrected chi connectivity index (χ1v) is 12.3. The molecule has 0 aliphatic carbocycles. The molecular formula is C28H23BrClNO3. The Morgan fingerprint density at radius 1 is 0.971 bits per heavy atom. The Hall–Kier alpha value is -3.02. The molecule has 0 atom stereocenters. The van der Waals surface area contributed by atoms with Gasteiger partial charge in [-0.05, 0) is 66.9 Å². The van der Waals surface area contributed by atoms with Gasteiger partial charge in [-0.15, -0.1) is 0 Å². The molecule has 6 heteroatoms. The van der Waals surface area contributed by atoms with Crippen molar-refractivity contribution in [2.24, 2.45) is 0 Å². The SMILES string of the molecule is CCCCc1ccc(-c2cc(C(=O)OCC(=O)c3ccc(Cl)cc3)c3cc(Br)ccc3n2)cc1. The van der Waals surface area contributed by atoms with Crippen molar-refractivity contribution in [1.82, 2.24) is 4.98 Å². The number of nitrogens with zero attached hydrogens (tertiary/aromatic N) is 1. The highest BCUT2D eigenvalue weighted by atomic mass is 79.9. The van der Waals surface area contributed by atoms with Crippen LogP contribution in [0.25, 0.3) is 22.2 Å². The lowest BCUT2D eigenvalue weighted by Gasteiger charge is -2.11. The van der Waals surface area contributed by atoms with Gasteiger partial charge >= 0.3 is 5.97 Å². The Kier molecular flexibility index (Phi) is 7.76. The maximum Gasteiger partial charge on any atom is 0.339 e. The van der Waals surface area contributed by atoms with Crippen LogP contribution in [0.5, 0.6) is 0 Å². The Morgan fingerprint density at radius 3 is 2.41 bits per heavy atom. The van der Waals surface area contributed by atoms with Crippen molar-refractivity contribution in [2.45, 2.75) is 26.2 Å². The molecule has 0 aliphatic rings. The van der Waals surface area contributed by atoms with Gasteiger partial charge in [0.15, 0.2) is 12.4 Å². The number of hydrogen-bond acceptors (Lipinski definition) is 4. The van der Waals surface area contributed by atoms with Crippen LogP contribution in [-0.4, -0.2) is 23.3 Å². The number of carbonyl (C=O) groups excluding carboxylic acids is 2. The van der Waals surface area contributed by atoms with Crippen LogP contribution in [0.1, 0.15) is 46.0 Å². The number of Topliss-reactive ketones (excluding diaryl/α,β-unsaturated/α-hetero) is 1.